The molecule has 4 aliphatic rings. The van der Waals surface area contributed by atoms with Gasteiger partial charge >= 0.3 is 5.97 Å². The monoisotopic (exact) mass is 628 g/mol. The van der Waals surface area contributed by atoms with Crippen LogP contribution in [0.15, 0.2) is 48.0 Å². The molecule has 2 aromatic carbocycles. The third-order valence-electron chi connectivity index (χ3n) is 10.4. The predicted molar refractivity (Wildman–Crippen MR) is 168 cm³/mol. The third-order valence-corrected chi connectivity index (χ3v) is 11.9. The number of benzene rings is 2. The molecule has 1 spiro atoms. The van der Waals surface area contributed by atoms with Crippen LogP contribution in [0.25, 0.3) is 0 Å². The maximum absolute atomic E-state index is 12.0. The first-order valence-corrected chi connectivity index (χ1v) is 17.2. The maximum atomic E-state index is 12.0. The van der Waals surface area contributed by atoms with Gasteiger partial charge in [0.15, 0.2) is 0 Å². The molecule has 2 aromatic rings. The number of anilines is 1. The summed E-state index contributed by atoms with van der Waals surface area (Å²) in [7, 11) is -1.78. The van der Waals surface area contributed by atoms with Crippen molar-refractivity contribution in [1.29, 1.82) is 0 Å². The van der Waals surface area contributed by atoms with Crippen LogP contribution in [-0.2, 0) is 26.6 Å². The van der Waals surface area contributed by atoms with Crippen molar-refractivity contribution in [3.05, 3.63) is 69.8 Å². The molecule has 1 saturated carbocycles. The Balaban J connectivity index is 1.26. The van der Waals surface area contributed by atoms with Crippen molar-refractivity contribution in [2.75, 3.05) is 31.7 Å². The van der Waals surface area contributed by atoms with Gasteiger partial charge in [-0.2, -0.15) is 0 Å². The van der Waals surface area contributed by atoms with Crippen molar-refractivity contribution < 1.29 is 27.8 Å². The number of carboxylic acids is 1. The number of carbonyl (C=O) groups is 1. The number of carboxylic acid groups (broad SMARTS) is 1. The second-order valence-corrected chi connectivity index (χ2v) is 15.5. The summed E-state index contributed by atoms with van der Waals surface area (Å²) >= 11 is 6.39. The number of halogens is 1. The lowest BCUT2D eigenvalue weighted by molar-refractivity contribution is 0.000417. The van der Waals surface area contributed by atoms with Crippen LogP contribution >= 0.6 is 11.6 Å². The van der Waals surface area contributed by atoms with Gasteiger partial charge in [-0.05, 0) is 117 Å². The Morgan fingerprint density at radius 3 is 2.72 bits per heavy atom. The normalized spacial score (nSPS) is 27.9. The summed E-state index contributed by atoms with van der Waals surface area (Å²) in [5, 5.41) is 15.3. The van der Waals surface area contributed by atoms with Crippen molar-refractivity contribution in [3.63, 3.8) is 0 Å². The Bertz CT molecular complexity index is 1540. The lowest BCUT2D eigenvalue weighted by Gasteiger charge is -2.48. The fourth-order valence-electron chi connectivity index (χ4n) is 7.85. The van der Waals surface area contributed by atoms with Gasteiger partial charge in [-0.25, -0.2) is 18.4 Å². The molecule has 0 bridgehead atoms. The number of fused-ring (bicyclic) bond motifs is 3. The van der Waals surface area contributed by atoms with Gasteiger partial charge in [-0.15, -0.1) is 0 Å². The summed E-state index contributed by atoms with van der Waals surface area (Å²) in [4.78, 5) is 14.3. The Hall–Kier alpha value is -2.59. The highest BCUT2D eigenvalue weighted by molar-refractivity contribution is 7.89. The highest BCUT2D eigenvalue weighted by Gasteiger charge is 2.46. The van der Waals surface area contributed by atoms with Crippen LogP contribution in [0, 0.1) is 17.8 Å². The molecule has 3 aliphatic carbocycles. The summed E-state index contributed by atoms with van der Waals surface area (Å²) in [6, 6.07) is 11.4. The lowest BCUT2D eigenvalue weighted by atomic mass is 9.65. The SMILES string of the molecule is CO[C@H](C1=C[C@@H](C[C@H](C)S(N)(=O)=O)C1)[C@@H]1CC[C@H]1CN1C[C@@]2(CCCc3cc(Cl)ccc32)COc2ccc(C(=O)O)cc21. The van der Waals surface area contributed by atoms with E-state index in [1.54, 1.807) is 32.2 Å². The smallest absolute Gasteiger partial charge is 0.335 e. The molecule has 1 fully saturated rings. The molecule has 0 amide bonds. The van der Waals surface area contributed by atoms with E-state index in [0.717, 1.165) is 68.1 Å². The molecular weight excluding hydrogens is 588 g/mol. The molecule has 10 heteroatoms. The number of sulfonamides is 1. The van der Waals surface area contributed by atoms with Crippen molar-refractivity contribution in [2.45, 2.75) is 68.6 Å². The minimum absolute atomic E-state index is 0.0145. The van der Waals surface area contributed by atoms with Crippen LogP contribution in [-0.4, -0.2) is 57.7 Å². The molecule has 1 heterocycles. The zero-order valence-corrected chi connectivity index (χ0v) is 26.4. The van der Waals surface area contributed by atoms with Crippen LogP contribution < -0.4 is 14.8 Å². The topological polar surface area (TPSA) is 119 Å². The Labute approximate surface area is 259 Å². The van der Waals surface area contributed by atoms with E-state index in [-0.39, 0.29) is 23.0 Å². The summed E-state index contributed by atoms with van der Waals surface area (Å²) < 4.78 is 36.0. The van der Waals surface area contributed by atoms with E-state index in [9.17, 15) is 18.3 Å². The highest BCUT2D eigenvalue weighted by atomic mass is 35.5. The van der Waals surface area contributed by atoms with E-state index in [4.69, 9.17) is 26.2 Å². The van der Waals surface area contributed by atoms with E-state index in [1.807, 2.05) is 6.07 Å². The number of aromatic carboxylic acids is 1. The van der Waals surface area contributed by atoms with E-state index in [2.05, 4.69) is 23.1 Å². The number of primary sulfonamides is 1. The molecule has 43 heavy (non-hydrogen) atoms. The van der Waals surface area contributed by atoms with Crippen LogP contribution in [0.1, 0.15) is 66.9 Å². The minimum atomic E-state index is -3.54. The second-order valence-electron chi connectivity index (χ2n) is 13.1. The molecule has 3 N–H and O–H groups in total. The first-order chi connectivity index (χ1) is 20.5. The van der Waals surface area contributed by atoms with Crippen LogP contribution in [0.2, 0.25) is 5.02 Å². The molecular formula is C33H41ClN2O6S. The van der Waals surface area contributed by atoms with Crippen LogP contribution in [0.5, 0.6) is 5.75 Å². The van der Waals surface area contributed by atoms with Gasteiger partial charge in [0.1, 0.15) is 5.75 Å². The predicted octanol–water partition coefficient (Wildman–Crippen LogP) is 5.57. The van der Waals surface area contributed by atoms with Gasteiger partial charge < -0.3 is 19.5 Å². The van der Waals surface area contributed by atoms with Gasteiger partial charge in [0, 0.05) is 30.6 Å². The Kier molecular flexibility index (Phi) is 8.30. The van der Waals surface area contributed by atoms with Crippen molar-refractivity contribution in [2.24, 2.45) is 22.9 Å². The number of methoxy groups -OCH3 is 1. The van der Waals surface area contributed by atoms with Crippen LogP contribution in [0.3, 0.4) is 0 Å². The number of aryl methyl sites for hydroxylation is 1. The Morgan fingerprint density at radius 2 is 2.05 bits per heavy atom. The first-order valence-electron chi connectivity index (χ1n) is 15.3. The minimum Gasteiger partial charge on any atom is -0.490 e. The van der Waals surface area contributed by atoms with Gasteiger partial charge in [-0.1, -0.05) is 23.7 Å². The largest absolute Gasteiger partial charge is 0.490 e. The average molecular weight is 629 g/mol. The standard InChI is InChI=1S/C33H41ClN2O6S/c1-20(43(35,39)40)12-21-13-25(14-21)31(41-2)27-8-5-24(27)17-36-18-33(11-3-4-22-15-26(34)7-9-28(22)33)19-42-30-10-6-23(32(37)38)16-29(30)36/h6-7,9-10,13,15-16,20-21,24,27,31H,3-5,8,11-12,14,17-19H2,1-2H3,(H,37,38)(H2,35,39,40)/t20-,21+,24-,27+,31+,33-/m0/s1. The van der Waals surface area contributed by atoms with Gasteiger partial charge in [0.2, 0.25) is 10.0 Å². The third kappa shape index (κ3) is 5.93. The fraction of sp³-hybridized carbons (Fsp3) is 0.545. The summed E-state index contributed by atoms with van der Waals surface area (Å²) in [6.07, 6.45) is 8.64. The van der Waals surface area contributed by atoms with E-state index in [0.29, 0.717) is 24.9 Å². The number of allylic oxidation sites excluding steroid dienone is 1. The van der Waals surface area contributed by atoms with Crippen molar-refractivity contribution in [3.8, 4) is 5.75 Å². The van der Waals surface area contributed by atoms with Crippen molar-refractivity contribution >= 4 is 33.3 Å². The average Bonchev–Trinajstić information content (AvgIpc) is 3.07. The second kappa shape index (κ2) is 11.7. The van der Waals surface area contributed by atoms with Gasteiger partial charge in [0.05, 0.1) is 29.2 Å². The molecule has 232 valence electrons. The number of nitrogens with zero attached hydrogens (tertiary/aromatic N) is 1. The zero-order valence-electron chi connectivity index (χ0n) is 24.8. The van der Waals surface area contributed by atoms with Gasteiger partial charge in [0.25, 0.3) is 0 Å². The lowest BCUT2D eigenvalue weighted by Crippen LogP contribution is -2.50. The molecule has 6 atom stereocenters. The van der Waals surface area contributed by atoms with Crippen molar-refractivity contribution in [1.82, 2.24) is 0 Å². The summed E-state index contributed by atoms with van der Waals surface area (Å²) in [5.41, 5.74) is 4.63. The summed E-state index contributed by atoms with van der Waals surface area (Å²) in [6.45, 7) is 3.70. The fourth-order valence-corrected chi connectivity index (χ4v) is 8.56. The van der Waals surface area contributed by atoms with E-state index >= 15 is 0 Å². The molecule has 0 radical (unpaired) electrons. The molecule has 8 nitrogen and oxygen atoms in total. The molecule has 0 saturated heterocycles. The molecule has 0 unspecified atom stereocenters. The number of rotatable bonds is 9. The van der Waals surface area contributed by atoms with Crippen LogP contribution in [0.4, 0.5) is 5.69 Å². The molecule has 1 aliphatic heterocycles. The molecule has 0 aromatic heterocycles. The maximum Gasteiger partial charge on any atom is 0.335 e. The highest BCUT2D eigenvalue weighted by Crippen LogP contribution is 2.48. The number of hydrogen-bond acceptors (Lipinski definition) is 6. The first kappa shape index (κ1) is 30.4. The van der Waals surface area contributed by atoms with E-state index in [1.165, 1.54) is 16.7 Å². The quantitative estimate of drug-likeness (QED) is 0.349. The number of nitrogens with two attached hydrogens (primary N) is 1. The molecule has 6 rings (SSSR count). The zero-order chi connectivity index (χ0) is 30.5. The number of hydrogen-bond donors (Lipinski definition) is 2. The van der Waals surface area contributed by atoms with Gasteiger partial charge in [-0.3, -0.25) is 0 Å². The summed E-state index contributed by atoms with van der Waals surface area (Å²) in [5.74, 6) is 0.650. The number of ether oxygens (including phenoxy) is 2. The Morgan fingerprint density at radius 1 is 1.26 bits per heavy atom. The van der Waals surface area contributed by atoms with E-state index < -0.39 is 21.2 Å².